The standard InChI is InChI=1S/6C15H15N2O2.2CH2Cl2.4Mo.2Se/c6*1-18-14-7-3-12(4-8-14)16-11-17-13-5-9-15(19-2)10-6-13;2*2-1-3;;;;;;/h6*3-11H,1-2H3;2*1H2;;;;;;/q6*-1;;;2*+2;2*+3;2*-2. The second-order valence-electron chi connectivity index (χ2n) is 22.8. The second-order valence-corrected chi connectivity index (χ2v) is 24.4. The molecule has 0 N–H and O–H groups in total. The van der Waals surface area contributed by atoms with E-state index >= 15 is 0 Å². The first-order chi connectivity index (χ1) is 58.7. The molecule has 0 fully saturated rings. The van der Waals surface area contributed by atoms with Crippen LogP contribution >= 0.6 is 46.4 Å². The summed E-state index contributed by atoms with van der Waals surface area (Å²) < 4.78 is 60.9. The first kappa shape index (κ1) is 118. The summed E-state index contributed by atoms with van der Waals surface area (Å²) in [4.78, 5) is 25.4. The van der Waals surface area contributed by atoms with E-state index in [1.807, 2.05) is 291 Å². The van der Waals surface area contributed by atoms with Crippen molar-refractivity contribution in [1.29, 1.82) is 0 Å². The Hall–Kier alpha value is -9.99. The summed E-state index contributed by atoms with van der Waals surface area (Å²) in [5.41, 5.74) is 9.98. The van der Waals surface area contributed by atoms with Crippen molar-refractivity contribution in [1.82, 2.24) is 0 Å². The fourth-order valence-corrected chi connectivity index (χ4v) is 8.99. The SMILES string of the molecule is COc1ccc(N=C[N-]c2ccc(OC)cc2)cc1.COc1ccc(N=C[N-]c2ccc(OC)cc2)cc1.COc1ccc(N=C[N-]c2ccc(OC)cc2)cc1.COc1ccc(N=C[N-]c2ccc(OC)cc2)cc1.COc1ccc(N=C[N-]c2ccc(OC)cc2)cc1.COc1ccc(N=C[N-]c2ccc(OC)cc2)cc1.ClCCl.ClCCl.[Mo+2].[Mo+2].[Mo+3].[Mo+3].[Se-2].[Se-2]. The molecule has 2 radical (unpaired) electrons. The van der Waals surface area contributed by atoms with Crippen LogP contribution in [0.1, 0.15) is 0 Å². The molecule has 12 aromatic carbocycles. The molecule has 12 aromatic rings. The van der Waals surface area contributed by atoms with E-state index in [1.165, 1.54) is 38.0 Å². The number of ether oxygens (including phenoxy) is 12. The van der Waals surface area contributed by atoms with Crippen molar-refractivity contribution in [3.8, 4) is 69.0 Å². The maximum atomic E-state index is 5.08. The van der Waals surface area contributed by atoms with E-state index in [4.69, 9.17) is 103 Å². The van der Waals surface area contributed by atoms with Gasteiger partial charge in [0, 0.05) is 0 Å². The van der Waals surface area contributed by atoms with Crippen LogP contribution in [0.3, 0.4) is 0 Å². The Balaban J connectivity index is 0. The summed E-state index contributed by atoms with van der Waals surface area (Å²) >= 11 is 19.1. The Morgan fingerprint density at radius 2 is 0.262 bits per heavy atom. The average molecular weight is 2240 g/mol. The van der Waals surface area contributed by atoms with E-state index in [2.05, 4.69) is 61.9 Å². The zero-order chi connectivity index (χ0) is 86.4. The third kappa shape index (κ3) is 50.4. The normalized spacial score (nSPS) is 9.71. The van der Waals surface area contributed by atoms with E-state index in [1.54, 1.807) is 85.3 Å². The number of rotatable bonds is 30. The third-order valence-electron chi connectivity index (χ3n) is 15.4. The molecule has 658 valence electrons. The largest absolute Gasteiger partial charge is 3.00 e. The van der Waals surface area contributed by atoms with Crippen molar-refractivity contribution >= 4 is 187 Å². The number of alkyl halides is 4. The van der Waals surface area contributed by atoms with Crippen LogP contribution in [0.4, 0.5) is 68.2 Å². The number of nitrogens with zero attached hydrogens (tertiary/aromatic N) is 12. The van der Waals surface area contributed by atoms with Crippen molar-refractivity contribution < 1.29 is 141 Å². The quantitative estimate of drug-likeness (QED) is 0.0176. The van der Waals surface area contributed by atoms with Crippen molar-refractivity contribution in [3.05, 3.63) is 323 Å². The van der Waals surface area contributed by atoms with E-state index in [9.17, 15) is 0 Å². The maximum Gasteiger partial charge on any atom is 3.00 e. The summed E-state index contributed by atoms with van der Waals surface area (Å²) in [7, 11) is 19.6. The molecule has 0 spiro atoms. The van der Waals surface area contributed by atoms with Crippen molar-refractivity contribution in [2.75, 3.05) is 96.0 Å². The van der Waals surface area contributed by atoms with Gasteiger partial charge in [-0.3, -0.25) is 0 Å². The van der Waals surface area contributed by atoms with Gasteiger partial charge in [0.2, 0.25) is 0 Å². The van der Waals surface area contributed by atoms with Crippen LogP contribution in [-0.2, 0) is 84.3 Å². The Kier molecular flexibility index (Phi) is 69.5. The summed E-state index contributed by atoms with van der Waals surface area (Å²) in [5.74, 6) is 9.73. The Bertz CT molecular complexity index is 4100. The van der Waals surface area contributed by atoms with Crippen LogP contribution in [0.15, 0.2) is 321 Å². The van der Waals surface area contributed by atoms with Crippen LogP contribution in [0, 0.1) is 0 Å². The minimum atomic E-state index is 0. The average Bonchev–Trinajstić information content (AvgIpc) is 0.903. The molecule has 24 nitrogen and oxygen atoms in total. The fraction of sp³-hybridized carbons (Fsp3) is 0.152. The molecule has 34 heteroatoms. The minimum Gasteiger partial charge on any atom is -2.00 e. The summed E-state index contributed by atoms with van der Waals surface area (Å²) in [6, 6.07) is 89.6. The van der Waals surface area contributed by atoms with E-state index in [0.717, 1.165) is 137 Å². The van der Waals surface area contributed by atoms with Gasteiger partial charge in [-0.15, -0.1) is 46.4 Å². The Morgan fingerprint density at radius 3 is 0.341 bits per heavy atom. The van der Waals surface area contributed by atoms with Gasteiger partial charge in [0.05, 0.1) is 96.0 Å². The molecule has 0 aromatic heterocycles. The zero-order valence-corrected chi connectivity index (χ0v) is 85.3. The van der Waals surface area contributed by atoms with Gasteiger partial charge in [-0.2, -0.15) is 0 Å². The number of halogens is 4. The summed E-state index contributed by atoms with van der Waals surface area (Å²) in [6.07, 6.45) is 9.19. The minimum absolute atomic E-state index is 0. The maximum absolute atomic E-state index is 5.08. The third-order valence-corrected chi connectivity index (χ3v) is 15.4. The van der Waals surface area contributed by atoms with Gasteiger partial charge in [0.25, 0.3) is 0 Å². The number of aliphatic imine (C=N–C) groups is 6. The molecule has 0 aliphatic rings. The zero-order valence-electron chi connectivity index (χ0n) is 70.8. The monoisotopic (exact) mass is 2250 g/mol. The topological polar surface area (TPSA) is 270 Å². The predicted molar refractivity (Wildman–Crippen MR) is 508 cm³/mol. The first-order valence-corrected chi connectivity index (χ1v) is 38.2. The molecular formula is C92H94Cl4Mo4N12O12Se2. The fourth-order valence-electron chi connectivity index (χ4n) is 8.99. The molecule has 0 unspecified atom stereocenters. The van der Waals surface area contributed by atoms with Gasteiger partial charge in [-0.05, 0) is 214 Å². The molecule has 0 atom stereocenters. The number of hydrogen-bond acceptors (Lipinski definition) is 18. The number of benzene rings is 12. The van der Waals surface area contributed by atoms with Crippen molar-refractivity contribution in [3.63, 3.8) is 0 Å². The van der Waals surface area contributed by atoms with E-state index in [-0.39, 0.29) is 129 Å². The molecule has 0 saturated carbocycles. The Labute approximate surface area is 837 Å². The molecule has 0 amide bonds. The van der Waals surface area contributed by atoms with Crippen LogP contribution in [0.25, 0.3) is 31.9 Å². The predicted octanol–water partition coefficient (Wildman–Crippen LogP) is 26.5. The van der Waals surface area contributed by atoms with Gasteiger partial charge < -0.3 is 153 Å². The van der Waals surface area contributed by atoms with Crippen LogP contribution in [-0.4, -0.2) is 168 Å². The number of methoxy groups -OCH3 is 12. The summed E-state index contributed by atoms with van der Waals surface area (Å²) in [6.45, 7) is 0. The van der Waals surface area contributed by atoms with Crippen LogP contribution in [0.2, 0.25) is 0 Å². The number of hydrogen-bond donors (Lipinski definition) is 0. The van der Waals surface area contributed by atoms with Crippen molar-refractivity contribution in [2.24, 2.45) is 30.0 Å². The molecular weight excluding hydrogens is 2150 g/mol. The summed E-state index contributed by atoms with van der Waals surface area (Å²) in [5, 5.41) is 25.8. The molecule has 0 bridgehead atoms. The smallest absolute Gasteiger partial charge is 2.00 e. The van der Waals surface area contributed by atoms with Crippen LogP contribution < -0.4 is 56.8 Å². The molecule has 0 heterocycles. The molecule has 12 rings (SSSR count). The van der Waals surface area contributed by atoms with E-state index in [0.29, 0.717) is 0 Å². The molecule has 0 aliphatic carbocycles. The Morgan fingerprint density at radius 1 is 0.183 bits per heavy atom. The van der Waals surface area contributed by atoms with Crippen LogP contribution in [0.5, 0.6) is 69.0 Å². The van der Waals surface area contributed by atoms with Gasteiger partial charge >= 0.3 is 84.3 Å². The molecule has 0 saturated heterocycles. The second kappa shape index (κ2) is 74.1. The van der Waals surface area contributed by atoms with Gasteiger partial charge in [0.1, 0.15) is 69.0 Å². The van der Waals surface area contributed by atoms with Gasteiger partial charge in [-0.1, -0.05) is 184 Å². The van der Waals surface area contributed by atoms with E-state index < -0.39 is 0 Å². The molecule has 0 aliphatic heterocycles. The molecule has 126 heavy (non-hydrogen) atoms. The first-order valence-electron chi connectivity index (χ1n) is 36.1. The van der Waals surface area contributed by atoms with Gasteiger partial charge in [-0.25, -0.2) is 0 Å². The van der Waals surface area contributed by atoms with Gasteiger partial charge in [0.15, 0.2) is 0 Å². The van der Waals surface area contributed by atoms with Crippen molar-refractivity contribution in [2.45, 2.75) is 0 Å².